The van der Waals surface area contributed by atoms with Crippen LogP contribution in [0.1, 0.15) is 32.4 Å². The van der Waals surface area contributed by atoms with Gasteiger partial charge in [-0.2, -0.15) is 0 Å². The molecule has 1 amide bonds. The number of carbonyl (C=O) groups excluding carboxylic acids is 1. The maximum atomic E-state index is 13.1. The lowest BCUT2D eigenvalue weighted by Gasteiger charge is -2.37. The maximum absolute atomic E-state index is 13.1. The monoisotopic (exact) mass is 396 g/mol. The van der Waals surface area contributed by atoms with E-state index in [0.29, 0.717) is 35.0 Å². The highest BCUT2D eigenvalue weighted by molar-refractivity contribution is 7.80. The summed E-state index contributed by atoms with van der Waals surface area (Å²) in [5, 5.41) is 14.8. The van der Waals surface area contributed by atoms with Gasteiger partial charge in [0, 0.05) is 31.9 Å². The molecular weight excluding hydrogens is 376 g/mol. The zero-order valence-electron chi connectivity index (χ0n) is 15.1. The molecule has 0 aliphatic carbocycles. The summed E-state index contributed by atoms with van der Waals surface area (Å²) >= 11 is 11.3. The molecule has 0 saturated carbocycles. The molecule has 26 heavy (non-hydrogen) atoms. The van der Waals surface area contributed by atoms with Gasteiger partial charge in [0.25, 0.3) is 11.6 Å². The van der Waals surface area contributed by atoms with Crippen LogP contribution in [0.25, 0.3) is 0 Å². The van der Waals surface area contributed by atoms with Crippen LogP contribution >= 0.6 is 23.8 Å². The largest absolute Gasteiger partial charge is 0.351 e. The normalized spacial score (nSPS) is 17.2. The summed E-state index contributed by atoms with van der Waals surface area (Å²) in [6, 6.07) is 3.94. The number of hydrogen-bond acceptors (Lipinski definition) is 4. The van der Waals surface area contributed by atoms with E-state index < -0.39 is 11.0 Å². The third-order valence-electron chi connectivity index (χ3n) is 4.54. The van der Waals surface area contributed by atoms with Crippen LogP contribution in [0, 0.1) is 10.1 Å². The van der Waals surface area contributed by atoms with Crippen LogP contribution in [-0.2, 0) is 4.79 Å². The van der Waals surface area contributed by atoms with Gasteiger partial charge in [-0.25, -0.2) is 0 Å². The van der Waals surface area contributed by atoms with Gasteiger partial charge in [0.05, 0.1) is 16.5 Å². The van der Waals surface area contributed by atoms with Crippen LogP contribution in [0.4, 0.5) is 5.69 Å². The van der Waals surface area contributed by atoms with Gasteiger partial charge in [0.1, 0.15) is 5.02 Å². The number of halogens is 1. The minimum absolute atomic E-state index is 0.0478. The minimum atomic E-state index is -0.581. The molecule has 140 valence electrons. The summed E-state index contributed by atoms with van der Waals surface area (Å²) in [7, 11) is 1.78. The van der Waals surface area contributed by atoms with Gasteiger partial charge in [0.2, 0.25) is 0 Å². The number of thiocarbonyl (C=S) groups is 1. The van der Waals surface area contributed by atoms with Gasteiger partial charge in [-0.15, -0.1) is 0 Å². The van der Waals surface area contributed by atoms with Gasteiger partial charge >= 0.3 is 0 Å². The number of likely N-dealkylation sites (N-methyl/N-ethyl adjacent to an activating group) is 1. The second-order valence-electron chi connectivity index (χ2n) is 5.89. The highest BCUT2D eigenvalue weighted by Crippen LogP contribution is 2.35. The van der Waals surface area contributed by atoms with Crippen molar-refractivity contribution in [2.45, 2.75) is 26.8 Å². The molecule has 0 spiro atoms. The molecule has 7 nitrogen and oxygen atoms in total. The van der Waals surface area contributed by atoms with Crippen molar-refractivity contribution in [3.63, 3.8) is 0 Å². The Morgan fingerprint density at radius 1 is 1.42 bits per heavy atom. The molecule has 1 aliphatic heterocycles. The number of allylic oxidation sites excluding steroid dienone is 1. The van der Waals surface area contributed by atoms with E-state index in [1.807, 2.05) is 20.8 Å². The zero-order chi connectivity index (χ0) is 19.6. The van der Waals surface area contributed by atoms with E-state index >= 15 is 0 Å². The van der Waals surface area contributed by atoms with Gasteiger partial charge < -0.3 is 15.1 Å². The molecule has 9 heteroatoms. The summed E-state index contributed by atoms with van der Waals surface area (Å²) in [6.45, 7) is 6.76. The Balaban J connectivity index is 2.61. The second-order valence-corrected chi connectivity index (χ2v) is 6.68. The fraction of sp³-hybridized carbons (Fsp3) is 0.412. The molecule has 1 aliphatic rings. The number of nitrogens with zero attached hydrogens (tertiary/aromatic N) is 3. The van der Waals surface area contributed by atoms with Gasteiger partial charge in [-0.05, 0) is 44.6 Å². The van der Waals surface area contributed by atoms with Crippen molar-refractivity contribution in [3.05, 3.63) is 50.2 Å². The molecular formula is C17H21ClN4O3S. The molecule has 0 fully saturated rings. The molecule has 0 saturated heterocycles. The molecule has 2 rings (SSSR count). The van der Waals surface area contributed by atoms with Crippen LogP contribution < -0.4 is 5.32 Å². The first kappa shape index (κ1) is 20.1. The Morgan fingerprint density at radius 3 is 2.58 bits per heavy atom. The van der Waals surface area contributed by atoms with E-state index in [-0.39, 0.29) is 16.6 Å². The SMILES string of the molecule is CCN(CC)C(=O)C1=C(C)N(C)C(=S)NC1c1ccc(Cl)c([N+](=O)[O-])c1. The van der Waals surface area contributed by atoms with Crippen molar-refractivity contribution in [1.82, 2.24) is 15.1 Å². The number of carbonyl (C=O) groups is 1. The summed E-state index contributed by atoms with van der Waals surface area (Å²) in [6.07, 6.45) is 0. The Kier molecular flexibility index (Phi) is 6.20. The van der Waals surface area contributed by atoms with Crippen LogP contribution in [0.2, 0.25) is 5.02 Å². The van der Waals surface area contributed by atoms with Crippen molar-refractivity contribution >= 4 is 40.5 Å². The third-order valence-corrected chi connectivity index (χ3v) is 5.25. The van der Waals surface area contributed by atoms with Gasteiger partial charge in [0.15, 0.2) is 5.11 Å². The number of rotatable bonds is 5. The third kappa shape index (κ3) is 3.66. The van der Waals surface area contributed by atoms with E-state index in [9.17, 15) is 14.9 Å². The molecule has 1 aromatic rings. The van der Waals surface area contributed by atoms with Crippen molar-refractivity contribution in [3.8, 4) is 0 Å². The topological polar surface area (TPSA) is 78.7 Å². The summed E-state index contributed by atoms with van der Waals surface area (Å²) in [5.41, 5.74) is 1.59. The number of nitrogens with one attached hydrogen (secondary N) is 1. The van der Waals surface area contributed by atoms with E-state index in [1.54, 1.807) is 22.9 Å². The number of hydrogen-bond donors (Lipinski definition) is 1. The van der Waals surface area contributed by atoms with Crippen LogP contribution in [0.15, 0.2) is 29.5 Å². The van der Waals surface area contributed by atoms with Crippen molar-refractivity contribution in [1.29, 1.82) is 0 Å². The zero-order valence-corrected chi connectivity index (χ0v) is 16.6. The summed E-state index contributed by atoms with van der Waals surface area (Å²) < 4.78 is 0. The number of amides is 1. The van der Waals surface area contributed by atoms with Gasteiger partial charge in [-0.3, -0.25) is 14.9 Å². The van der Waals surface area contributed by atoms with Crippen molar-refractivity contribution < 1.29 is 9.72 Å². The number of nitro benzene ring substituents is 1. The summed E-state index contributed by atoms with van der Waals surface area (Å²) in [4.78, 5) is 27.2. The van der Waals surface area contributed by atoms with E-state index in [2.05, 4.69) is 5.32 Å². The van der Waals surface area contributed by atoms with E-state index in [0.717, 1.165) is 0 Å². The highest BCUT2D eigenvalue weighted by Gasteiger charge is 2.35. The van der Waals surface area contributed by atoms with Crippen LogP contribution in [0.5, 0.6) is 0 Å². The first-order valence-corrected chi connectivity index (χ1v) is 8.99. The summed E-state index contributed by atoms with van der Waals surface area (Å²) in [5.74, 6) is -0.128. The average molecular weight is 397 g/mol. The molecule has 1 heterocycles. The highest BCUT2D eigenvalue weighted by atomic mass is 35.5. The fourth-order valence-corrected chi connectivity index (χ4v) is 3.33. The second kappa shape index (κ2) is 8.01. The number of nitro groups is 1. The van der Waals surface area contributed by atoms with E-state index in [4.69, 9.17) is 23.8 Å². The molecule has 1 unspecified atom stereocenters. The smallest absolute Gasteiger partial charge is 0.288 e. The fourth-order valence-electron chi connectivity index (χ4n) is 2.89. The predicted octanol–water partition coefficient (Wildman–Crippen LogP) is 3.25. The average Bonchev–Trinajstić information content (AvgIpc) is 2.60. The Morgan fingerprint density at radius 2 is 2.04 bits per heavy atom. The Bertz CT molecular complexity index is 792. The Labute approximate surface area is 162 Å². The first-order chi connectivity index (χ1) is 12.2. The molecule has 1 aromatic carbocycles. The molecule has 1 N–H and O–H groups in total. The van der Waals surface area contributed by atoms with Crippen LogP contribution in [0.3, 0.4) is 0 Å². The lowest BCUT2D eigenvalue weighted by atomic mass is 9.93. The number of benzene rings is 1. The molecule has 0 bridgehead atoms. The molecule has 1 atom stereocenters. The predicted molar refractivity (Wildman–Crippen MR) is 105 cm³/mol. The molecule has 0 aromatic heterocycles. The molecule has 0 radical (unpaired) electrons. The quantitative estimate of drug-likeness (QED) is 0.467. The lowest BCUT2D eigenvalue weighted by Crippen LogP contribution is -2.48. The van der Waals surface area contributed by atoms with E-state index in [1.165, 1.54) is 12.1 Å². The maximum Gasteiger partial charge on any atom is 0.288 e. The van der Waals surface area contributed by atoms with Crippen molar-refractivity contribution in [2.24, 2.45) is 0 Å². The lowest BCUT2D eigenvalue weighted by molar-refractivity contribution is -0.384. The minimum Gasteiger partial charge on any atom is -0.351 e. The first-order valence-electron chi connectivity index (χ1n) is 8.20. The van der Waals surface area contributed by atoms with Crippen LogP contribution in [-0.4, -0.2) is 45.9 Å². The van der Waals surface area contributed by atoms with Gasteiger partial charge in [-0.1, -0.05) is 17.7 Å². The van der Waals surface area contributed by atoms with Crippen molar-refractivity contribution in [2.75, 3.05) is 20.1 Å². The standard InChI is InChI=1S/C17H21ClN4O3S/c1-5-21(6-2)16(23)14-10(3)20(4)17(26)19-15(14)11-7-8-12(18)13(9-11)22(24)25/h7-9,15H,5-6H2,1-4H3,(H,19,26). The Hall–Kier alpha value is -2.19.